The van der Waals surface area contributed by atoms with Crippen molar-refractivity contribution in [2.75, 3.05) is 19.0 Å². The Morgan fingerprint density at radius 3 is 2.94 bits per heavy atom. The first-order chi connectivity index (χ1) is 8.74. The van der Waals surface area contributed by atoms with Crippen LogP contribution in [0.25, 0.3) is 10.8 Å². The lowest BCUT2D eigenvalue weighted by molar-refractivity contribution is 0.183. The van der Waals surface area contributed by atoms with Crippen molar-refractivity contribution in [1.29, 1.82) is 0 Å². The van der Waals surface area contributed by atoms with E-state index < -0.39 is 0 Å². The average molecular weight is 246 g/mol. The molecule has 2 N–H and O–H groups in total. The number of nitrogens with zero attached hydrogens (tertiary/aromatic N) is 1. The Bertz CT molecular complexity index is 528. The van der Waals surface area contributed by atoms with Gasteiger partial charge in [0.1, 0.15) is 11.6 Å². The maximum Gasteiger partial charge on any atom is 0.134 e. The van der Waals surface area contributed by atoms with Crippen LogP contribution in [0.1, 0.15) is 13.3 Å². The summed E-state index contributed by atoms with van der Waals surface area (Å²) in [5.74, 6) is 1.58. The Morgan fingerprint density at radius 2 is 2.22 bits per heavy atom. The molecule has 0 radical (unpaired) electrons. The van der Waals surface area contributed by atoms with Gasteiger partial charge in [0, 0.05) is 18.1 Å². The van der Waals surface area contributed by atoms with E-state index in [9.17, 15) is 5.11 Å². The number of pyridine rings is 1. The first-order valence-electron chi connectivity index (χ1n) is 6.09. The molecule has 2 rings (SSSR count). The number of aliphatic hydroxyl groups excluding tert-OH is 1. The van der Waals surface area contributed by atoms with E-state index in [1.165, 1.54) is 0 Å². The van der Waals surface area contributed by atoms with Gasteiger partial charge in [0.2, 0.25) is 0 Å². The van der Waals surface area contributed by atoms with E-state index in [0.29, 0.717) is 6.54 Å². The van der Waals surface area contributed by atoms with Gasteiger partial charge in [0.05, 0.1) is 13.2 Å². The van der Waals surface area contributed by atoms with Crippen molar-refractivity contribution in [1.82, 2.24) is 4.98 Å². The van der Waals surface area contributed by atoms with Crippen molar-refractivity contribution in [3.05, 3.63) is 30.5 Å². The van der Waals surface area contributed by atoms with Crippen LogP contribution in [-0.4, -0.2) is 29.8 Å². The second-order valence-corrected chi connectivity index (χ2v) is 4.19. The van der Waals surface area contributed by atoms with Crippen molar-refractivity contribution in [3.63, 3.8) is 0 Å². The topological polar surface area (TPSA) is 54.4 Å². The van der Waals surface area contributed by atoms with Crippen molar-refractivity contribution in [2.24, 2.45) is 0 Å². The van der Waals surface area contributed by atoms with Gasteiger partial charge in [-0.3, -0.25) is 0 Å². The summed E-state index contributed by atoms with van der Waals surface area (Å²) < 4.78 is 5.22. The Balaban J connectivity index is 2.31. The summed E-state index contributed by atoms with van der Waals surface area (Å²) in [4.78, 5) is 4.31. The zero-order valence-electron chi connectivity index (χ0n) is 10.7. The van der Waals surface area contributed by atoms with E-state index in [2.05, 4.69) is 10.3 Å². The molecule has 2 aromatic rings. The van der Waals surface area contributed by atoms with E-state index in [-0.39, 0.29) is 6.10 Å². The monoisotopic (exact) mass is 246 g/mol. The predicted octanol–water partition coefficient (Wildman–Crippen LogP) is 2.43. The van der Waals surface area contributed by atoms with Crippen molar-refractivity contribution in [2.45, 2.75) is 19.4 Å². The van der Waals surface area contributed by atoms with Gasteiger partial charge in [0.25, 0.3) is 0 Å². The molecule has 1 heterocycles. The third kappa shape index (κ3) is 2.71. The molecule has 0 saturated carbocycles. The zero-order chi connectivity index (χ0) is 13.0. The van der Waals surface area contributed by atoms with Crippen LogP contribution in [0.15, 0.2) is 30.5 Å². The molecular formula is C14H18N2O2. The molecule has 18 heavy (non-hydrogen) atoms. The highest BCUT2D eigenvalue weighted by Crippen LogP contribution is 2.25. The second-order valence-electron chi connectivity index (χ2n) is 4.19. The summed E-state index contributed by atoms with van der Waals surface area (Å²) in [6.07, 6.45) is 2.13. The number of methoxy groups -OCH3 is 1. The number of aliphatic hydroxyl groups is 1. The predicted molar refractivity (Wildman–Crippen MR) is 73.1 cm³/mol. The van der Waals surface area contributed by atoms with Gasteiger partial charge in [0.15, 0.2) is 0 Å². The van der Waals surface area contributed by atoms with Gasteiger partial charge < -0.3 is 15.2 Å². The number of nitrogens with one attached hydrogen (secondary N) is 1. The molecule has 0 fully saturated rings. The molecule has 0 amide bonds. The number of anilines is 1. The summed E-state index contributed by atoms with van der Waals surface area (Å²) in [5.41, 5.74) is 0. The van der Waals surface area contributed by atoms with Gasteiger partial charge in [-0.25, -0.2) is 4.98 Å². The number of rotatable bonds is 5. The molecule has 4 nitrogen and oxygen atoms in total. The third-order valence-corrected chi connectivity index (χ3v) is 2.95. The summed E-state index contributed by atoms with van der Waals surface area (Å²) >= 11 is 0. The smallest absolute Gasteiger partial charge is 0.134 e. The summed E-state index contributed by atoms with van der Waals surface area (Å²) in [7, 11) is 1.64. The Kier molecular flexibility index (Phi) is 3.99. The molecule has 0 aliphatic rings. The molecule has 0 bridgehead atoms. The SMILES string of the molecule is CCC(O)CNc1nccc2ccc(OC)cc12. The molecule has 0 saturated heterocycles. The standard InChI is InChI=1S/C14H18N2O2/c1-3-11(17)9-16-14-13-8-12(18-2)5-4-10(13)6-7-15-14/h4-8,11,17H,3,9H2,1-2H3,(H,15,16). The van der Waals surface area contributed by atoms with Gasteiger partial charge in [-0.05, 0) is 30.0 Å². The van der Waals surface area contributed by atoms with E-state index >= 15 is 0 Å². The Hall–Kier alpha value is -1.81. The fourth-order valence-electron chi connectivity index (χ4n) is 1.77. The summed E-state index contributed by atoms with van der Waals surface area (Å²) in [5, 5.41) is 14.8. The van der Waals surface area contributed by atoms with Crippen molar-refractivity contribution >= 4 is 16.6 Å². The van der Waals surface area contributed by atoms with Crippen LogP contribution < -0.4 is 10.1 Å². The number of benzene rings is 1. The molecule has 1 aromatic heterocycles. The van der Waals surface area contributed by atoms with Crippen LogP contribution in [-0.2, 0) is 0 Å². The highest BCUT2D eigenvalue weighted by Gasteiger charge is 2.06. The molecular weight excluding hydrogens is 228 g/mol. The number of hydrogen-bond donors (Lipinski definition) is 2. The average Bonchev–Trinajstić information content (AvgIpc) is 2.43. The van der Waals surface area contributed by atoms with E-state index in [1.807, 2.05) is 31.2 Å². The molecule has 0 aliphatic carbocycles. The maximum absolute atomic E-state index is 9.58. The van der Waals surface area contributed by atoms with Crippen LogP contribution in [0, 0.1) is 0 Å². The first kappa shape index (κ1) is 12.6. The van der Waals surface area contributed by atoms with E-state index in [0.717, 1.165) is 28.8 Å². The molecule has 1 aromatic carbocycles. The maximum atomic E-state index is 9.58. The van der Waals surface area contributed by atoms with Crippen molar-refractivity contribution < 1.29 is 9.84 Å². The minimum absolute atomic E-state index is 0.354. The van der Waals surface area contributed by atoms with Crippen molar-refractivity contribution in [3.8, 4) is 5.75 Å². The molecule has 1 atom stereocenters. The van der Waals surface area contributed by atoms with E-state index in [4.69, 9.17) is 4.74 Å². The number of ether oxygens (including phenoxy) is 1. The van der Waals surface area contributed by atoms with Crippen LogP contribution in [0.3, 0.4) is 0 Å². The minimum Gasteiger partial charge on any atom is -0.497 e. The van der Waals surface area contributed by atoms with Crippen LogP contribution in [0.4, 0.5) is 5.82 Å². The lowest BCUT2D eigenvalue weighted by atomic mass is 10.1. The molecule has 96 valence electrons. The quantitative estimate of drug-likeness (QED) is 0.850. The molecule has 0 spiro atoms. The largest absolute Gasteiger partial charge is 0.497 e. The van der Waals surface area contributed by atoms with Crippen LogP contribution in [0.5, 0.6) is 5.75 Å². The Morgan fingerprint density at radius 1 is 1.39 bits per heavy atom. The second kappa shape index (κ2) is 5.69. The van der Waals surface area contributed by atoms with Crippen LogP contribution >= 0.6 is 0 Å². The van der Waals surface area contributed by atoms with Crippen LogP contribution in [0.2, 0.25) is 0 Å². The van der Waals surface area contributed by atoms with Gasteiger partial charge in [-0.1, -0.05) is 13.0 Å². The fourth-order valence-corrected chi connectivity index (χ4v) is 1.77. The third-order valence-electron chi connectivity index (χ3n) is 2.95. The molecule has 4 heteroatoms. The molecule has 1 unspecified atom stereocenters. The van der Waals surface area contributed by atoms with Gasteiger partial charge in [-0.15, -0.1) is 0 Å². The molecule has 0 aliphatic heterocycles. The Labute approximate surface area is 107 Å². The lowest BCUT2D eigenvalue weighted by Gasteiger charge is -2.12. The lowest BCUT2D eigenvalue weighted by Crippen LogP contribution is -2.18. The number of aromatic nitrogens is 1. The highest BCUT2D eigenvalue weighted by molar-refractivity contribution is 5.92. The van der Waals surface area contributed by atoms with E-state index in [1.54, 1.807) is 13.3 Å². The fraction of sp³-hybridized carbons (Fsp3) is 0.357. The first-order valence-corrected chi connectivity index (χ1v) is 6.09. The normalized spacial score (nSPS) is 12.4. The number of fused-ring (bicyclic) bond motifs is 1. The highest BCUT2D eigenvalue weighted by atomic mass is 16.5. The zero-order valence-corrected chi connectivity index (χ0v) is 10.7. The van der Waals surface area contributed by atoms with Gasteiger partial charge >= 0.3 is 0 Å². The minimum atomic E-state index is -0.354. The summed E-state index contributed by atoms with van der Waals surface area (Å²) in [6, 6.07) is 7.82. The number of hydrogen-bond acceptors (Lipinski definition) is 4. The summed E-state index contributed by atoms with van der Waals surface area (Å²) in [6.45, 7) is 2.45. The van der Waals surface area contributed by atoms with Gasteiger partial charge in [-0.2, -0.15) is 0 Å².